The number of thioether (sulfide) groups is 1. The molecule has 1 aliphatic heterocycles. The summed E-state index contributed by atoms with van der Waals surface area (Å²) in [6.45, 7) is 2.31. The molecule has 6 nitrogen and oxygen atoms in total. The van der Waals surface area contributed by atoms with Crippen molar-refractivity contribution < 1.29 is 14.3 Å². The number of benzene rings is 2. The van der Waals surface area contributed by atoms with Gasteiger partial charge in [-0.2, -0.15) is 16.9 Å². The molecule has 0 amide bonds. The first-order valence-corrected chi connectivity index (χ1v) is 13.9. The molecular formula is C27H27Cl2N3O3S. The number of aryl methyl sites for hydroxylation is 1. The number of hydrogen-bond acceptors (Lipinski definition) is 6. The molecule has 1 aromatic heterocycles. The van der Waals surface area contributed by atoms with Crippen molar-refractivity contribution in [2.45, 2.75) is 25.3 Å². The fourth-order valence-electron chi connectivity index (χ4n) is 4.43. The van der Waals surface area contributed by atoms with Crippen molar-refractivity contribution in [3.05, 3.63) is 80.5 Å². The van der Waals surface area contributed by atoms with E-state index in [0.29, 0.717) is 39.0 Å². The molecule has 5 rings (SSSR count). The van der Waals surface area contributed by atoms with Gasteiger partial charge in [0.05, 0.1) is 10.7 Å². The van der Waals surface area contributed by atoms with E-state index in [9.17, 15) is 9.59 Å². The lowest BCUT2D eigenvalue weighted by atomic mass is 9.99. The number of Topliss-reactive ketones (excluding diaryl/α,β-unsaturated/α-hetero) is 1. The number of halogens is 2. The third kappa shape index (κ3) is 5.35. The van der Waals surface area contributed by atoms with Crippen molar-refractivity contribution >= 4 is 46.5 Å². The topological polar surface area (TPSA) is 64.4 Å². The first-order valence-electron chi connectivity index (χ1n) is 12.0. The Labute approximate surface area is 224 Å². The Kier molecular flexibility index (Phi) is 7.72. The Balaban J connectivity index is 1.46. The van der Waals surface area contributed by atoms with E-state index in [-0.39, 0.29) is 30.0 Å². The predicted octanol–water partition coefficient (Wildman–Crippen LogP) is 5.65. The fourth-order valence-corrected chi connectivity index (χ4v) is 5.98. The molecule has 0 bridgehead atoms. The number of carbonyl (C=O) groups is 2. The van der Waals surface area contributed by atoms with E-state index in [0.717, 1.165) is 43.0 Å². The first kappa shape index (κ1) is 25.3. The van der Waals surface area contributed by atoms with Crippen LogP contribution in [-0.4, -0.2) is 57.4 Å². The summed E-state index contributed by atoms with van der Waals surface area (Å²) >= 11 is 15.3. The maximum absolute atomic E-state index is 14.0. The van der Waals surface area contributed by atoms with Crippen LogP contribution in [0.4, 0.5) is 0 Å². The minimum atomic E-state index is -0.260. The van der Waals surface area contributed by atoms with Crippen LogP contribution in [0.5, 0.6) is 5.88 Å². The minimum absolute atomic E-state index is 0.172. The summed E-state index contributed by atoms with van der Waals surface area (Å²) < 4.78 is 7.50. The zero-order chi connectivity index (χ0) is 25.2. The van der Waals surface area contributed by atoms with Crippen LogP contribution in [0.2, 0.25) is 10.0 Å². The van der Waals surface area contributed by atoms with E-state index in [4.69, 9.17) is 27.9 Å². The van der Waals surface area contributed by atoms with Crippen molar-refractivity contribution in [3.8, 4) is 5.88 Å². The van der Waals surface area contributed by atoms with Gasteiger partial charge in [-0.1, -0.05) is 53.5 Å². The number of hydrogen-bond donors (Lipinski definition) is 0. The molecule has 0 N–H and O–H groups in total. The molecular weight excluding hydrogens is 517 g/mol. The fraction of sp³-hybridized carbons (Fsp3) is 0.370. The maximum Gasteiger partial charge on any atom is 0.223 e. The number of ketones is 2. The third-order valence-corrected chi connectivity index (χ3v) is 8.29. The van der Waals surface area contributed by atoms with Crippen LogP contribution >= 0.6 is 35.0 Å². The number of aromatic nitrogens is 2. The zero-order valence-electron chi connectivity index (χ0n) is 20.0. The quantitative estimate of drug-likeness (QED) is 0.325. The van der Waals surface area contributed by atoms with E-state index in [2.05, 4.69) is 10.00 Å². The molecule has 1 saturated heterocycles. The summed E-state index contributed by atoms with van der Waals surface area (Å²) in [5.41, 5.74) is 2.76. The third-order valence-electron chi connectivity index (χ3n) is 6.56. The van der Waals surface area contributed by atoms with Gasteiger partial charge in [-0.05, 0) is 25.0 Å². The molecule has 36 heavy (non-hydrogen) atoms. The van der Waals surface area contributed by atoms with Gasteiger partial charge in [-0.15, -0.1) is 0 Å². The SMILES string of the molecule is Cn1nc(C2CC2)c(C(=O)c2ccc(Cl)c(CN3CCSCC3)c2Cl)c1OCC(=O)c1ccccc1. The first-order chi connectivity index (χ1) is 17.4. The molecule has 9 heteroatoms. The molecule has 0 atom stereocenters. The minimum Gasteiger partial charge on any atom is -0.469 e. The molecule has 2 aromatic carbocycles. The Bertz CT molecular complexity index is 1290. The molecule has 3 aromatic rings. The number of ether oxygens (including phenoxy) is 1. The monoisotopic (exact) mass is 543 g/mol. The van der Waals surface area contributed by atoms with Gasteiger partial charge in [0, 0.05) is 65.8 Å². The molecule has 0 unspecified atom stereocenters. The average molecular weight is 545 g/mol. The molecule has 0 radical (unpaired) electrons. The summed E-state index contributed by atoms with van der Waals surface area (Å²) in [5.74, 6) is 2.19. The molecule has 1 aliphatic carbocycles. The van der Waals surface area contributed by atoms with Gasteiger partial charge < -0.3 is 4.74 Å². The second-order valence-corrected chi connectivity index (χ2v) is 11.2. The molecule has 2 heterocycles. The van der Waals surface area contributed by atoms with E-state index >= 15 is 0 Å². The van der Waals surface area contributed by atoms with Crippen molar-refractivity contribution in [1.82, 2.24) is 14.7 Å². The summed E-state index contributed by atoms with van der Waals surface area (Å²) in [7, 11) is 1.73. The number of nitrogens with zero attached hydrogens (tertiary/aromatic N) is 3. The van der Waals surface area contributed by atoms with Crippen LogP contribution < -0.4 is 4.74 Å². The molecule has 188 valence electrons. The van der Waals surface area contributed by atoms with Gasteiger partial charge in [0.25, 0.3) is 0 Å². The van der Waals surface area contributed by atoms with Gasteiger partial charge in [-0.25, -0.2) is 4.68 Å². The van der Waals surface area contributed by atoms with Gasteiger partial charge in [0.2, 0.25) is 11.7 Å². The standard InChI is InChI=1S/C27H27Cl2N3O3S/c1-31-27(35-16-22(33)17-5-3-2-4-6-17)23(25(30-31)18-7-8-18)26(34)19-9-10-21(28)20(24(19)29)15-32-11-13-36-14-12-32/h2-6,9-10,18H,7-8,11-16H2,1H3. The predicted molar refractivity (Wildman–Crippen MR) is 144 cm³/mol. The van der Waals surface area contributed by atoms with E-state index < -0.39 is 0 Å². The highest BCUT2D eigenvalue weighted by atomic mass is 35.5. The van der Waals surface area contributed by atoms with Gasteiger partial charge >= 0.3 is 0 Å². The number of carbonyl (C=O) groups excluding carboxylic acids is 2. The van der Waals surface area contributed by atoms with Gasteiger partial charge in [0.15, 0.2) is 12.4 Å². The second kappa shape index (κ2) is 11.0. The largest absolute Gasteiger partial charge is 0.469 e. The van der Waals surface area contributed by atoms with Crippen molar-refractivity contribution in [2.75, 3.05) is 31.2 Å². The van der Waals surface area contributed by atoms with Crippen LogP contribution in [0, 0.1) is 0 Å². The van der Waals surface area contributed by atoms with Crippen molar-refractivity contribution in [2.24, 2.45) is 7.05 Å². The van der Waals surface area contributed by atoms with Crippen LogP contribution in [0.15, 0.2) is 42.5 Å². The maximum atomic E-state index is 14.0. The van der Waals surface area contributed by atoms with Crippen LogP contribution in [0.3, 0.4) is 0 Å². The van der Waals surface area contributed by atoms with Gasteiger partial charge in [0.1, 0.15) is 5.56 Å². The highest BCUT2D eigenvalue weighted by Crippen LogP contribution is 2.44. The Hall–Kier alpha value is -2.32. The molecule has 0 spiro atoms. The van der Waals surface area contributed by atoms with Crippen molar-refractivity contribution in [1.29, 1.82) is 0 Å². The lowest BCUT2D eigenvalue weighted by Crippen LogP contribution is -2.32. The van der Waals surface area contributed by atoms with Crippen LogP contribution in [0.1, 0.15) is 56.3 Å². The average Bonchev–Trinajstić information content (AvgIpc) is 3.69. The Morgan fingerprint density at radius 1 is 1.08 bits per heavy atom. The lowest BCUT2D eigenvalue weighted by molar-refractivity contribution is 0.0908. The van der Waals surface area contributed by atoms with Crippen LogP contribution in [-0.2, 0) is 13.6 Å². The van der Waals surface area contributed by atoms with E-state index in [1.807, 2.05) is 17.8 Å². The van der Waals surface area contributed by atoms with Crippen molar-refractivity contribution in [3.63, 3.8) is 0 Å². The lowest BCUT2D eigenvalue weighted by Gasteiger charge is -2.27. The van der Waals surface area contributed by atoms with E-state index in [1.165, 1.54) is 0 Å². The summed E-state index contributed by atoms with van der Waals surface area (Å²) in [5, 5.41) is 5.53. The Morgan fingerprint density at radius 3 is 2.50 bits per heavy atom. The summed E-state index contributed by atoms with van der Waals surface area (Å²) in [4.78, 5) is 28.9. The highest BCUT2D eigenvalue weighted by molar-refractivity contribution is 7.99. The van der Waals surface area contributed by atoms with E-state index in [1.54, 1.807) is 48.1 Å². The van der Waals surface area contributed by atoms with Crippen LogP contribution in [0.25, 0.3) is 0 Å². The second-order valence-electron chi connectivity index (χ2n) is 9.15. The molecule has 1 saturated carbocycles. The highest BCUT2D eigenvalue weighted by Gasteiger charge is 2.36. The normalized spacial score (nSPS) is 16.2. The smallest absolute Gasteiger partial charge is 0.223 e. The summed E-state index contributed by atoms with van der Waals surface area (Å²) in [6, 6.07) is 12.4. The van der Waals surface area contributed by atoms with Gasteiger partial charge in [-0.3, -0.25) is 14.5 Å². The number of rotatable bonds is 9. The zero-order valence-corrected chi connectivity index (χ0v) is 22.3. The Morgan fingerprint density at radius 2 is 1.81 bits per heavy atom. The molecule has 2 fully saturated rings. The molecule has 2 aliphatic rings. The summed E-state index contributed by atoms with van der Waals surface area (Å²) in [6.07, 6.45) is 1.93.